The van der Waals surface area contributed by atoms with Gasteiger partial charge in [-0.25, -0.2) is 4.79 Å². The zero-order valence-corrected chi connectivity index (χ0v) is 18.6. The Hall–Kier alpha value is -2.43. The van der Waals surface area contributed by atoms with Crippen LogP contribution >= 0.6 is 27.3 Å². The van der Waals surface area contributed by atoms with E-state index in [0.29, 0.717) is 36.7 Å². The monoisotopic (exact) mass is 493 g/mol. The molecule has 0 spiro atoms. The van der Waals surface area contributed by atoms with E-state index in [9.17, 15) is 14.4 Å². The number of amides is 3. The Kier molecular flexibility index (Phi) is 5.81. The number of hydrogen-bond donors (Lipinski definition) is 2. The van der Waals surface area contributed by atoms with Gasteiger partial charge >= 0.3 is 6.09 Å². The Balaban J connectivity index is 1.39. The van der Waals surface area contributed by atoms with Crippen molar-refractivity contribution in [3.63, 3.8) is 0 Å². The lowest BCUT2D eigenvalue weighted by atomic mass is 10.1. The number of thiophene rings is 1. The molecule has 4 rings (SSSR count). The number of anilines is 2. The first kappa shape index (κ1) is 20.8. The first-order valence-electron chi connectivity index (χ1n) is 9.42. The summed E-state index contributed by atoms with van der Waals surface area (Å²) < 4.78 is 11.3. The number of ether oxygens (including phenoxy) is 2. The number of hydrogen-bond acceptors (Lipinski definition) is 6. The van der Waals surface area contributed by atoms with Gasteiger partial charge in [-0.3, -0.25) is 9.59 Å². The topological polar surface area (TPSA) is 97.0 Å². The van der Waals surface area contributed by atoms with E-state index in [0.717, 1.165) is 15.0 Å². The average Bonchev–Trinajstić information content (AvgIpc) is 3.37. The smallest absolute Gasteiger partial charge is 0.399 e. The SMILES string of the molecule is Cc1cc(NC(=O)C2(NC(=O)Oc3ccc(Br)s3)CC2)ccc1N1CCOCC1=O. The Morgan fingerprint density at radius 2 is 2.07 bits per heavy atom. The molecule has 0 atom stereocenters. The summed E-state index contributed by atoms with van der Waals surface area (Å²) in [6.07, 6.45) is 0.428. The van der Waals surface area contributed by atoms with Crippen LogP contribution in [0.15, 0.2) is 34.1 Å². The van der Waals surface area contributed by atoms with E-state index < -0.39 is 11.6 Å². The van der Waals surface area contributed by atoms with E-state index in [1.165, 1.54) is 11.3 Å². The molecule has 1 aliphatic heterocycles. The van der Waals surface area contributed by atoms with E-state index in [1.807, 2.05) is 19.1 Å². The normalized spacial score (nSPS) is 17.4. The lowest BCUT2D eigenvalue weighted by Gasteiger charge is -2.28. The third-order valence-electron chi connectivity index (χ3n) is 5.00. The summed E-state index contributed by atoms with van der Waals surface area (Å²) in [7, 11) is 0. The van der Waals surface area contributed by atoms with Crippen LogP contribution in [0.2, 0.25) is 0 Å². The molecule has 1 saturated heterocycles. The van der Waals surface area contributed by atoms with E-state index in [1.54, 1.807) is 23.1 Å². The molecule has 2 aliphatic rings. The van der Waals surface area contributed by atoms with Crippen molar-refractivity contribution in [2.45, 2.75) is 25.3 Å². The van der Waals surface area contributed by atoms with Gasteiger partial charge < -0.3 is 25.0 Å². The second-order valence-corrected chi connectivity index (χ2v) is 9.63. The molecule has 2 N–H and O–H groups in total. The average molecular weight is 494 g/mol. The van der Waals surface area contributed by atoms with Gasteiger partial charge in [-0.2, -0.15) is 0 Å². The van der Waals surface area contributed by atoms with Crippen molar-refractivity contribution >= 4 is 56.5 Å². The maximum atomic E-state index is 12.8. The molecule has 1 aliphatic carbocycles. The number of carbonyl (C=O) groups is 3. The minimum absolute atomic E-state index is 0.0740. The largest absolute Gasteiger partial charge is 0.414 e. The Bertz CT molecular complexity index is 1000. The summed E-state index contributed by atoms with van der Waals surface area (Å²) >= 11 is 4.60. The number of halogens is 1. The van der Waals surface area contributed by atoms with Crippen molar-refractivity contribution in [3.8, 4) is 5.06 Å². The third kappa shape index (κ3) is 4.50. The quantitative estimate of drug-likeness (QED) is 0.664. The van der Waals surface area contributed by atoms with Crippen molar-refractivity contribution in [2.24, 2.45) is 0 Å². The molecule has 1 saturated carbocycles. The van der Waals surface area contributed by atoms with Crippen LogP contribution in [0.25, 0.3) is 0 Å². The molecule has 0 unspecified atom stereocenters. The molecular weight excluding hydrogens is 474 g/mol. The zero-order valence-electron chi connectivity index (χ0n) is 16.2. The van der Waals surface area contributed by atoms with E-state index in [2.05, 4.69) is 26.6 Å². The van der Waals surface area contributed by atoms with Crippen LogP contribution in [0.3, 0.4) is 0 Å². The van der Waals surface area contributed by atoms with Gasteiger partial charge in [-0.15, -0.1) is 0 Å². The first-order valence-corrected chi connectivity index (χ1v) is 11.0. The highest BCUT2D eigenvalue weighted by molar-refractivity contribution is 9.11. The minimum Gasteiger partial charge on any atom is -0.399 e. The first-order chi connectivity index (χ1) is 14.4. The van der Waals surface area contributed by atoms with Gasteiger partial charge in [-0.05, 0) is 71.6 Å². The van der Waals surface area contributed by atoms with E-state index in [4.69, 9.17) is 9.47 Å². The number of nitrogens with one attached hydrogen (secondary N) is 2. The van der Waals surface area contributed by atoms with E-state index in [-0.39, 0.29) is 18.4 Å². The van der Waals surface area contributed by atoms with Crippen molar-refractivity contribution in [3.05, 3.63) is 39.7 Å². The standard InChI is InChI=1S/C20H20BrN3O5S/c1-12-10-13(2-3-14(12)24-8-9-28-11-16(24)25)22-18(26)20(6-7-20)23-19(27)29-17-5-4-15(21)30-17/h2-5,10H,6-9,11H2,1H3,(H,22,26)(H,23,27). The summed E-state index contributed by atoms with van der Waals surface area (Å²) in [5.74, 6) is -0.375. The van der Waals surface area contributed by atoms with Crippen LogP contribution in [0.1, 0.15) is 18.4 Å². The molecule has 1 aromatic carbocycles. The van der Waals surface area contributed by atoms with Gasteiger partial charge in [0.1, 0.15) is 12.1 Å². The molecule has 3 amide bonds. The number of aryl methyl sites for hydroxylation is 1. The van der Waals surface area contributed by atoms with Gasteiger partial charge in [0.05, 0.1) is 10.4 Å². The Morgan fingerprint density at radius 3 is 2.70 bits per heavy atom. The fraction of sp³-hybridized carbons (Fsp3) is 0.350. The summed E-state index contributed by atoms with van der Waals surface area (Å²) in [5.41, 5.74) is 1.30. The molecule has 2 fully saturated rings. The zero-order chi connectivity index (χ0) is 21.3. The number of rotatable bonds is 5. The molecule has 2 heterocycles. The number of benzene rings is 1. The summed E-state index contributed by atoms with van der Waals surface area (Å²) in [4.78, 5) is 38.7. The molecule has 10 heteroatoms. The summed E-state index contributed by atoms with van der Waals surface area (Å²) in [6, 6.07) is 8.83. The summed E-state index contributed by atoms with van der Waals surface area (Å²) in [6.45, 7) is 2.96. The number of carbonyl (C=O) groups excluding carboxylic acids is 3. The second kappa shape index (κ2) is 8.37. The van der Waals surface area contributed by atoms with Crippen molar-refractivity contribution in [2.75, 3.05) is 30.0 Å². The van der Waals surface area contributed by atoms with E-state index >= 15 is 0 Å². The van der Waals surface area contributed by atoms with Gasteiger partial charge in [0.25, 0.3) is 5.91 Å². The molecule has 8 nitrogen and oxygen atoms in total. The Labute approximate surface area is 185 Å². The van der Waals surface area contributed by atoms with Crippen LogP contribution in [-0.2, 0) is 14.3 Å². The molecule has 158 valence electrons. The van der Waals surface area contributed by atoms with Gasteiger partial charge in [0.15, 0.2) is 5.06 Å². The fourth-order valence-electron chi connectivity index (χ4n) is 3.26. The molecule has 0 radical (unpaired) electrons. The highest BCUT2D eigenvalue weighted by Gasteiger charge is 2.51. The van der Waals surface area contributed by atoms with Gasteiger partial charge in [0, 0.05) is 17.9 Å². The van der Waals surface area contributed by atoms with Crippen molar-refractivity contribution in [1.29, 1.82) is 0 Å². The highest BCUT2D eigenvalue weighted by atomic mass is 79.9. The maximum Gasteiger partial charge on any atom is 0.414 e. The number of morpholine rings is 1. The van der Waals surface area contributed by atoms with Gasteiger partial charge in [0.2, 0.25) is 5.91 Å². The van der Waals surface area contributed by atoms with Crippen LogP contribution < -0.4 is 20.3 Å². The lowest BCUT2D eigenvalue weighted by Crippen LogP contribution is -2.47. The molecule has 2 aromatic rings. The maximum absolute atomic E-state index is 12.8. The molecule has 1 aromatic heterocycles. The molecule has 30 heavy (non-hydrogen) atoms. The predicted molar refractivity (Wildman–Crippen MR) is 116 cm³/mol. The van der Waals surface area contributed by atoms with Crippen LogP contribution in [0.5, 0.6) is 5.06 Å². The van der Waals surface area contributed by atoms with Crippen LogP contribution in [0, 0.1) is 6.92 Å². The molecule has 0 bridgehead atoms. The minimum atomic E-state index is -0.960. The van der Waals surface area contributed by atoms with Crippen LogP contribution in [-0.4, -0.2) is 43.2 Å². The predicted octanol–water partition coefficient (Wildman–Crippen LogP) is 3.44. The summed E-state index contributed by atoms with van der Waals surface area (Å²) in [5, 5.41) is 5.98. The third-order valence-corrected chi connectivity index (χ3v) is 6.50. The number of nitrogens with zero attached hydrogens (tertiary/aromatic N) is 1. The molecular formula is C20H20BrN3O5S. The van der Waals surface area contributed by atoms with Crippen LogP contribution in [0.4, 0.5) is 16.2 Å². The highest BCUT2D eigenvalue weighted by Crippen LogP contribution is 2.37. The van der Waals surface area contributed by atoms with Crippen molar-refractivity contribution < 1.29 is 23.9 Å². The van der Waals surface area contributed by atoms with Gasteiger partial charge in [-0.1, -0.05) is 11.3 Å². The fourth-order valence-corrected chi connectivity index (χ4v) is 4.45. The van der Waals surface area contributed by atoms with Crippen molar-refractivity contribution in [1.82, 2.24) is 5.32 Å². The Morgan fingerprint density at radius 1 is 1.27 bits per heavy atom. The lowest BCUT2D eigenvalue weighted by molar-refractivity contribution is -0.125. The second-order valence-electron chi connectivity index (χ2n) is 7.21.